The van der Waals surface area contributed by atoms with Crippen LogP contribution in [0.25, 0.3) is 0 Å². The Hall–Kier alpha value is -1.88. The van der Waals surface area contributed by atoms with Gasteiger partial charge in [0.05, 0.1) is 12.7 Å². The zero-order valence-corrected chi connectivity index (χ0v) is 10.7. The molecule has 5 heteroatoms. The SMILES string of the molecule is COc1cccc(C(=O)OC(=O)C(N)C(C)C)c1. The third kappa shape index (κ3) is 3.56. The van der Waals surface area contributed by atoms with E-state index in [1.54, 1.807) is 32.0 Å². The van der Waals surface area contributed by atoms with Gasteiger partial charge in [-0.2, -0.15) is 0 Å². The normalized spacial score (nSPS) is 12.1. The summed E-state index contributed by atoms with van der Waals surface area (Å²) in [5.41, 5.74) is 5.84. The molecule has 1 aromatic rings. The van der Waals surface area contributed by atoms with Crippen LogP contribution in [0.4, 0.5) is 0 Å². The molecule has 0 heterocycles. The Morgan fingerprint density at radius 2 is 1.94 bits per heavy atom. The summed E-state index contributed by atoms with van der Waals surface area (Å²) in [6, 6.07) is 5.57. The number of esters is 2. The van der Waals surface area contributed by atoms with Gasteiger partial charge in [-0.3, -0.25) is 0 Å². The molecule has 0 radical (unpaired) electrons. The number of rotatable bonds is 4. The van der Waals surface area contributed by atoms with Crippen LogP contribution in [0.2, 0.25) is 0 Å². The molecule has 0 aliphatic heterocycles. The van der Waals surface area contributed by atoms with Crippen LogP contribution < -0.4 is 10.5 Å². The lowest BCUT2D eigenvalue weighted by atomic mass is 10.1. The number of ether oxygens (including phenoxy) is 2. The van der Waals surface area contributed by atoms with Gasteiger partial charge in [-0.15, -0.1) is 0 Å². The van der Waals surface area contributed by atoms with E-state index in [9.17, 15) is 9.59 Å². The summed E-state index contributed by atoms with van der Waals surface area (Å²) in [4.78, 5) is 23.2. The second kappa shape index (κ2) is 6.16. The fourth-order valence-electron chi connectivity index (χ4n) is 1.24. The van der Waals surface area contributed by atoms with Crippen molar-refractivity contribution in [3.8, 4) is 5.75 Å². The first-order valence-corrected chi connectivity index (χ1v) is 5.61. The summed E-state index contributed by atoms with van der Waals surface area (Å²) in [5, 5.41) is 0. The van der Waals surface area contributed by atoms with Crippen LogP contribution in [0.5, 0.6) is 5.75 Å². The van der Waals surface area contributed by atoms with Crippen LogP contribution in [-0.2, 0) is 9.53 Å². The summed E-state index contributed by atoms with van der Waals surface area (Å²) >= 11 is 0. The minimum absolute atomic E-state index is 0.0874. The molecule has 0 saturated heterocycles. The van der Waals surface area contributed by atoms with Gasteiger partial charge in [-0.05, 0) is 24.1 Å². The van der Waals surface area contributed by atoms with Crippen molar-refractivity contribution >= 4 is 11.9 Å². The topological polar surface area (TPSA) is 78.6 Å². The quantitative estimate of drug-likeness (QED) is 0.645. The Morgan fingerprint density at radius 1 is 1.28 bits per heavy atom. The lowest BCUT2D eigenvalue weighted by Crippen LogP contribution is -2.38. The fraction of sp³-hybridized carbons (Fsp3) is 0.385. The van der Waals surface area contributed by atoms with Crippen LogP contribution in [0.15, 0.2) is 24.3 Å². The molecular weight excluding hydrogens is 234 g/mol. The summed E-state index contributed by atoms with van der Waals surface area (Å²) in [5.74, 6) is -1.02. The van der Waals surface area contributed by atoms with Crippen LogP contribution in [0, 0.1) is 5.92 Å². The van der Waals surface area contributed by atoms with Gasteiger partial charge in [0.15, 0.2) is 0 Å². The molecule has 98 valence electrons. The molecule has 0 saturated carbocycles. The van der Waals surface area contributed by atoms with E-state index in [4.69, 9.17) is 15.2 Å². The highest BCUT2D eigenvalue weighted by Gasteiger charge is 2.22. The van der Waals surface area contributed by atoms with E-state index in [0.29, 0.717) is 5.75 Å². The largest absolute Gasteiger partial charge is 0.497 e. The van der Waals surface area contributed by atoms with Gasteiger partial charge < -0.3 is 15.2 Å². The Balaban J connectivity index is 2.73. The molecule has 1 unspecified atom stereocenters. The van der Waals surface area contributed by atoms with E-state index in [1.165, 1.54) is 13.2 Å². The van der Waals surface area contributed by atoms with Gasteiger partial charge in [0.2, 0.25) is 0 Å². The number of hydrogen-bond acceptors (Lipinski definition) is 5. The third-order valence-corrected chi connectivity index (χ3v) is 2.49. The number of benzene rings is 1. The third-order valence-electron chi connectivity index (χ3n) is 2.49. The Morgan fingerprint density at radius 3 is 2.50 bits per heavy atom. The second-order valence-corrected chi connectivity index (χ2v) is 4.21. The first-order chi connectivity index (χ1) is 8.45. The molecule has 1 rings (SSSR count). The molecule has 0 bridgehead atoms. The number of carbonyl (C=O) groups is 2. The van der Waals surface area contributed by atoms with Gasteiger partial charge in [0.1, 0.15) is 11.8 Å². The fourth-order valence-corrected chi connectivity index (χ4v) is 1.24. The maximum absolute atomic E-state index is 11.7. The van der Waals surface area contributed by atoms with Crippen molar-refractivity contribution in [1.29, 1.82) is 0 Å². The molecule has 0 spiro atoms. The van der Waals surface area contributed by atoms with Gasteiger partial charge in [-0.1, -0.05) is 19.9 Å². The number of carbonyl (C=O) groups excluding carboxylic acids is 2. The zero-order valence-electron chi connectivity index (χ0n) is 10.7. The molecule has 5 nitrogen and oxygen atoms in total. The monoisotopic (exact) mass is 251 g/mol. The summed E-state index contributed by atoms with van der Waals surface area (Å²) in [6.07, 6.45) is 0. The van der Waals surface area contributed by atoms with Gasteiger partial charge in [0.25, 0.3) is 0 Å². The Bertz CT molecular complexity index is 442. The molecule has 0 fully saturated rings. The molecule has 2 N–H and O–H groups in total. The summed E-state index contributed by atoms with van der Waals surface area (Å²) in [7, 11) is 1.49. The van der Waals surface area contributed by atoms with E-state index < -0.39 is 18.0 Å². The van der Waals surface area contributed by atoms with E-state index in [-0.39, 0.29) is 11.5 Å². The van der Waals surface area contributed by atoms with E-state index in [1.807, 2.05) is 0 Å². The number of methoxy groups -OCH3 is 1. The lowest BCUT2D eigenvalue weighted by molar-refractivity contribution is -0.140. The molecular formula is C13H17NO4. The molecule has 0 amide bonds. The highest BCUT2D eigenvalue weighted by molar-refractivity contribution is 5.98. The first-order valence-electron chi connectivity index (χ1n) is 5.61. The van der Waals surface area contributed by atoms with Crippen molar-refractivity contribution in [3.05, 3.63) is 29.8 Å². The highest BCUT2D eigenvalue weighted by atomic mass is 16.6. The number of nitrogens with two attached hydrogens (primary N) is 1. The van der Waals surface area contributed by atoms with E-state index >= 15 is 0 Å². The smallest absolute Gasteiger partial charge is 0.345 e. The molecule has 0 aliphatic carbocycles. The van der Waals surface area contributed by atoms with Gasteiger partial charge in [0, 0.05) is 0 Å². The predicted octanol–water partition coefficient (Wildman–Crippen LogP) is 1.36. The van der Waals surface area contributed by atoms with Crippen LogP contribution in [-0.4, -0.2) is 25.1 Å². The second-order valence-electron chi connectivity index (χ2n) is 4.21. The van der Waals surface area contributed by atoms with E-state index in [2.05, 4.69) is 0 Å². The molecule has 0 aliphatic rings. The molecule has 0 aromatic heterocycles. The summed E-state index contributed by atoms with van der Waals surface area (Å²) < 4.78 is 9.68. The Labute approximate surface area is 106 Å². The average molecular weight is 251 g/mol. The van der Waals surface area contributed by atoms with Crippen molar-refractivity contribution in [2.24, 2.45) is 11.7 Å². The lowest BCUT2D eigenvalue weighted by Gasteiger charge is -2.13. The van der Waals surface area contributed by atoms with Crippen LogP contribution >= 0.6 is 0 Å². The van der Waals surface area contributed by atoms with Gasteiger partial charge in [-0.25, -0.2) is 9.59 Å². The average Bonchev–Trinajstić information content (AvgIpc) is 2.37. The molecule has 1 atom stereocenters. The van der Waals surface area contributed by atoms with Crippen molar-refractivity contribution in [2.75, 3.05) is 7.11 Å². The van der Waals surface area contributed by atoms with Crippen molar-refractivity contribution < 1.29 is 19.1 Å². The standard InChI is InChI=1S/C13H17NO4/c1-8(2)11(14)13(16)18-12(15)9-5-4-6-10(7-9)17-3/h4-8,11H,14H2,1-3H3. The van der Waals surface area contributed by atoms with E-state index in [0.717, 1.165) is 0 Å². The molecule has 18 heavy (non-hydrogen) atoms. The molecule has 1 aromatic carbocycles. The van der Waals surface area contributed by atoms with Crippen LogP contribution in [0.3, 0.4) is 0 Å². The minimum Gasteiger partial charge on any atom is -0.497 e. The van der Waals surface area contributed by atoms with Crippen molar-refractivity contribution in [2.45, 2.75) is 19.9 Å². The summed E-state index contributed by atoms with van der Waals surface area (Å²) in [6.45, 7) is 3.56. The van der Waals surface area contributed by atoms with Crippen molar-refractivity contribution in [1.82, 2.24) is 0 Å². The minimum atomic E-state index is -0.806. The zero-order chi connectivity index (χ0) is 13.7. The van der Waals surface area contributed by atoms with Crippen molar-refractivity contribution in [3.63, 3.8) is 0 Å². The maximum Gasteiger partial charge on any atom is 0.345 e. The van der Waals surface area contributed by atoms with Gasteiger partial charge >= 0.3 is 11.9 Å². The van der Waals surface area contributed by atoms with Crippen LogP contribution in [0.1, 0.15) is 24.2 Å². The predicted molar refractivity (Wildman–Crippen MR) is 66.2 cm³/mol. The first kappa shape index (κ1) is 14.2. The highest BCUT2D eigenvalue weighted by Crippen LogP contribution is 2.14. The maximum atomic E-state index is 11.7. The number of hydrogen-bond donors (Lipinski definition) is 1. The Kier molecular flexibility index (Phi) is 4.85.